The Kier molecular flexibility index (Phi) is 12.8. The molecule has 30 heavy (non-hydrogen) atoms. The zero-order valence-electron chi connectivity index (χ0n) is 18.6. The van der Waals surface area contributed by atoms with Crippen LogP contribution in [-0.2, 0) is 10.0 Å². The van der Waals surface area contributed by atoms with Gasteiger partial charge in [-0.2, -0.15) is 0 Å². The number of piperidine rings is 1. The van der Waals surface area contributed by atoms with Gasteiger partial charge in [0.25, 0.3) is 0 Å². The molecule has 1 atom stereocenters. The van der Waals surface area contributed by atoms with Crippen molar-refractivity contribution in [3.05, 3.63) is 22.4 Å². The average Bonchev–Trinajstić information content (AvgIpc) is 3.21. The summed E-state index contributed by atoms with van der Waals surface area (Å²) in [7, 11) is -1.36. The average molecular weight is 572 g/mol. The molecule has 0 saturated carbocycles. The molecule has 0 radical (unpaired) electrons. The smallest absolute Gasteiger partial charge is 0.211 e. The maximum absolute atomic E-state index is 11.7. The first-order chi connectivity index (χ1) is 13.8. The summed E-state index contributed by atoms with van der Waals surface area (Å²) in [6.45, 7) is 8.97. The predicted molar refractivity (Wildman–Crippen MR) is 139 cm³/mol. The van der Waals surface area contributed by atoms with Crippen LogP contribution in [0.25, 0.3) is 0 Å². The van der Waals surface area contributed by atoms with Gasteiger partial charge in [0.2, 0.25) is 10.0 Å². The summed E-state index contributed by atoms with van der Waals surface area (Å²) in [5.74, 6) is 1.58. The van der Waals surface area contributed by atoms with Crippen molar-refractivity contribution < 1.29 is 8.42 Å². The van der Waals surface area contributed by atoms with E-state index in [4.69, 9.17) is 0 Å². The molecule has 1 aliphatic rings. The molecule has 174 valence electrons. The second-order valence-electron chi connectivity index (χ2n) is 7.74. The summed E-state index contributed by atoms with van der Waals surface area (Å²) in [4.78, 5) is 8.30. The lowest BCUT2D eigenvalue weighted by molar-refractivity contribution is 0.140. The van der Waals surface area contributed by atoms with Crippen LogP contribution in [0.4, 0.5) is 0 Å². The van der Waals surface area contributed by atoms with Crippen molar-refractivity contribution in [1.29, 1.82) is 0 Å². The molecule has 2 heterocycles. The molecule has 0 aliphatic carbocycles. The van der Waals surface area contributed by atoms with Gasteiger partial charge in [-0.25, -0.2) is 12.7 Å². The van der Waals surface area contributed by atoms with Crippen molar-refractivity contribution in [2.45, 2.75) is 39.2 Å². The summed E-state index contributed by atoms with van der Waals surface area (Å²) in [6, 6.07) is 4.69. The number of likely N-dealkylation sites (tertiary alicyclic amines) is 1. The number of hydrogen-bond donors (Lipinski definition) is 2. The Bertz CT molecular complexity index is 720. The molecule has 1 aromatic rings. The van der Waals surface area contributed by atoms with E-state index in [1.54, 1.807) is 7.05 Å². The fourth-order valence-corrected chi connectivity index (χ4v) is 5.46. The highest BCUT2D eigenvalue weighted by atomic mass is 127. The van der Waals surface area contributed by atoms with Crippen LogP contribution >= 0.6 is 35.3 Å². The zero-order chi connectivity index (χ0) is 21.3. The second kappa shape index (κ2) is 13.9. The van der Waals surface area contributed by atoms with Gasteiger partial charge in [0.15, 0.2) is 5.96 Å². The number of sulfonamides is 1. The molecule has 0 amide bonds. The highest BCUT2D eigenvalue weighted by Crippen LogP contribution is 2.29. The number of aliphatic imine (C=N–C) groups is 1. The number of halogens is 1. The molecule has 1 unspecified atom stereocenters. The molecule has 2 N–H and O–H groups in total. The largest absolute Gasteiger partial charge is 0.356 e. The van der Waals surface area contributed by atoms with Crippen molar-refractivity contribution in [3.8, 4) is 0 Å². The molecule has 1 aromatic heterocycles. The molecular formula is C20H38IN5O2S2. The number of hydrogen-bond acceptors (Lipinski definition) is 5. The fourth-order valence-electron chi connectivity index (χ4n) is 3.67. The second-order valence-corrected chi connectivity index (χ2v) is 10.7. The third-order valence-corrected chi connectivity index (χ3v) is 7.87. The van der Waals surface area contributed by atoms with Gasteiger partial charge in [-0.1, -0.05) is 19.9 Å². The summed E-state index contributed by atoms with van der Waals surface area (Å²) in [5.41, 5.74) is 0. The Hall–Kier alpha value is -0.430. The molecule has 0 aromatic carbocycles. The molecule has 10 heteroatoms. The Morgan fingerprint density at radius 2 is 2.07 bits per heavy atom. The highest BCUT2D eigenvalue weighted by molar-refractivity contribution is 14.0. The van der Waals surface area contributed by atoms with Gasteiger partial charge in [0.1, 0.15) is 0 Å². The molecule has 2 rings (SSSR count). The number of guanidine groups is 1. The van der Waals surface area contributed by atoms with E-state index in [9.17, 15) is 8.42 Å². The Morgan fingerprint density at radius 3 is 2.60 bits per heavy atom. The maximum atomic E-state index is 11.7. The predicted octanol–water partition coefficient (Wildman–Crippen LogP) is 2.98. The topological polar surface area (TPSA) is 77.0 Å². The van der Waals surface area contributed by atoms with Gasteiger partial charge >= 0.3 is 0 Å². The fraction of sp³-hybridized carbons (Fsp3) is 0.750. The summed E-state index contributed by atoms with van der Waals surface area (Å²) in [6.07, 6.45) is 4.50. The minimum Gasteiger partial charge on any atom is -0.356 e. The van der Waals surface area contributed by atoms with Crippen LogP contribution in [0.2, 0.25) is 0 Å². The minimum absolute atomic E-state index is 0. The summed E-state index contributed by atoms with van der Waals surface area (Å²) < 4.78 is 24.8. The first kappa shape index (κ1) is 27.6. The van der Waals surface area contributed by atoms with Crippen molar-refractivity contribution in [2.24, 2.45) is 10.9 Å². The van der Waals surface area contributed by atoms with Crippen LogP contribution in [0.1, 0.15) is 44.0 Å². The molecule has 7 nitrogen and oxygen atoms in total. The summed E-state index contributed by atoms with van der Waals surface area (Å²) >= 11 is 1.81. The first-order valence-corrected chi connectivity index (χ1v) is 13.2. The lowest BCUT2D eigenvalue weighted by Gasteiger charge is -2.36. The summed E-state index contributed by atoms with van der Waals surface area (Å²) in [5, 5.41) is 8.93. The van der Waals surface area contributed by atoms with Gasteiger partial charge in [-0.3, -0.25) is 9.89 Å². The molecule has 0 bridgehead atoms. The lowest BCUT2D eigenvalue weighted by atomic mass is 9.97. The van der Waals surface area contributed by atoms with Crippen LogP contribution in [0.15, 0.2) is 22.5 Å². The van der Waals surface area contributed by atoms with E-state index in [-0.39, 0.29) is 24.0 Å². The van der Waals surface area contributed by atoms with Gasteiger partial charge < -0.3 is 10.6 Å². The number of rotatable bonds is 10. The van der Waals surface area contributed by atoms with Crippen molar-refractivity contribution in [3.63, 3.8) is 0 Å². The zero-order valence-corrected chi connectivity index (χ0v) is 22.6. The standard InChI is InChI=1S/C20H37N5O2S2.HI/c1-5-25(29(4,26)27)12-7-11-22-20(21-3)23-16-18(19-8-6-15-28-19)24-13-9-17(2)10-14-24;/h6,8,15,17-18H,5,7,9-14,16H2,1-4H3,(H2,21,22,23);1H. The van der Waals surface area contributed by atoms with Crippen molar-refractivity contribution >= 4 is 51.3 Å². The van der Waals surface area contributed by atoms with E-state index >= 15 is 0 Å². The number of nitrogens with zero attached hydrogens (tertiary/aromatic N) is 3. The Labute approximate surface area is 203 Å². The van der Waals surface area contributed by atoms with E-state index in [1.807, 2.05) is 18.3 Å². The van der Waals surface area contributed by atoms with Crippen LogP contribution < -0.4 is 10.6 Å². The van der Waals surface area contributed by atoms with Crippen molar-refractivity contribution in [2.75, 3.05) is 52.6 Å². The molecule has 1 aliphatic heterocycles. The number of nitrogens with one attached hydrogen (secondary N) is 2. The lowest BCUT2D eigenvalue weighted by Crippen LogP contribution is -2.45. The Balaban J connectivity index is 0.00000450. The SMILES string of the molecule is CCN(CCCNC(=NC)NCC(c1cccs1)N1CCC(C)CC1)S(C)(=O)=O.I. The van der Waals surface area contributed by atoms with Crippen molar-refractivity contribution in [1.82, 2.24) is 19.8 Å². The van der Waals surface area contributed by atoms with E-state index in [2.05, 4.69) is 45.0 Å². The van der Waals surface area contributed by atoms with Gasteiger partial charge in [0.05, 0.1) is 12.3 Å². The number of thiophene rings is 1. The van der Waals surface area contributed by atoms with E-state index in [1.165, 1.54) is 28.3 Å². The van der Waals surface area contributed by atoms with E-state index in [0.717, 1.165) is 37.9 Å². The quantitative estimate of drug-likeness (QED) is 0.196. The van der Waals surface area contributed by atoms with Gasteiger partial charge in [-0.15, -0.1) is 35.3 Å². The van der Waals surface area contributed by atoms with E-state index in [0.29, 0.717) is 25.7 Å². The van der Waals surface area contributed by atoms with Gasteiger partial charge in [-0.05, 0) is 49.7 Å². The Morgan fingerprint density at radius 1 is 1.37 bits per heavy atom. The van der Waals surface area contributed by atoms with Crippen LogP contribution in [-0.4, -0.2) is 76.2 Å². The van der Waals surface area contributed by atoms with Crippen LogP contribution in [0.5, 0.6) is 0 Å². The molecular weight excluding hydrogens is 533 g/mol. The third kappa shape index (κ3) is 8.97. The monoisotopic (exact) mass is 571 g/mol. The third-order valence-electron chi connectivity index (χ3n) is 5.52. The van der Waals surface area contributed by atoms with Crippen LogP contribution in [0.3, 0.4) is 0 Å². The highest BCUT2D eigenvalue weighted by Gasteiger charge is 2.25. The van der Waals surface area contributed by atoms with E-state index < -0.39 is 10.0 Å². The molecule has 1 fully saturated rings. The van der Waals surface area contributed by atoms with Crippen LogP contribution in [0, 0.1) is 5.92 Å². The molecule has 1 saturated heterocycles. The normalized spacial score (nSPS) is 17.6. The molecule has 0 spiro atoms. The maximum Gasteiger partial charge on any atom is 0.211 e. The first-order valence-electron chi connectivity index (χ1n) is 10.5. The minimum atomic E-state index is -3.13. The van der Waals surface area contributed by atoms with Gasteiger partial charge in [0, 0.05) is 38.1 Å².